The Hall–Kier alpha value is -0.980. The van der Waals surface area contributed by atoms with Crippen molar-refractivity contribution in [2.45, 2.75) is 64.2 Å². The summed E-state index contributed by atoms with van der Waals surface area (Å²) in [4.78, 5) is 0. The topological polar surface area (TPSA) is 20.2 Å². The Labute approximate surface area is 105 Å². The summed E-state index contributed by atoms with van der Waals surface area (Å²) < 4.78 is 0. The molecule has 0 unspecified atom stereocenters. The smallest absolute Gasteiger partial charge is 0.115 e. The molecule has 0 spiro atoms. The first-order valence-corrected chi connectivity index (χ1v) is 7.17. The molecule has 1 aromatic rings. The zero-order valence-corrected chi connectivity index (χ0v) is 10.8. The lowest BCUT2D eigenvalue weighted by molar-refractivity contribution is 0.473. The summed E-state index contributed by atoms with van der Waals surface area (Å²) in [6.07, 6.45) is 13.2. The average Bonchev–Trinajstić information content (AvgIpc) is 2.31. The number of aryl methyl sites for hydroxylation is 2. The molecular formula is C16H24O. The molecule has 1 heteroatoms. The van der Waals surface area contributed by atoms with Gasteiger partial charge in [0.1, 0.15) is 5.75 Å². The molecule has 1 aliphatic rings. The highest BCUT2D eigenvalue weighted by molar-refractivity contribution is 5.35. The van der Waals surface area contributed by atoms with Crippen LogP contribution in [-0.2, 0) is 12.8 Å². The third-order valence-electron chi connectivity index (χ3n) is 3.83. The van der Waals surface area contributed by atoms with Crippen molar-refractivity contribution in [2.24, 2.45) is 0 Å². The van der Waals surface area contributed by atoms with Gasteiger partial charge in [-0.1, -0.05) is 44.6 Å². The minimum absolute atomic E-state index is 0.427. The van der Waals surface area contributed by atoms with Crippen molar-refractivity contribution in [2.75, 3.05) is 0 Å². The fourth-order valence-corrected chi connectivity index (χ4v) is 2.78. The predicted molar refractivity (Wildman–Crippen MR) is 72.5 cm³/mol. The fourth-order valence-electron chi connectivity index (χ4n) is 2.78. The van der Waals surface area contributed by atoms with Gasteiger partial charge in [-0.3, -0.25) is 0 Å². The summed E-state index contributed by atoms with van der Waals surface area (Å²) in [5.74, 6) is 0.427. The molecule has 0 aliphatic heterocycles. The van der Waals surface area contributed by atoms with Crippen LogP contribution >= 0.6 is 0 Å². The number of aromatic hydroxyl groups is 1. The molecule has 0 bridgehead atoms. The highest BCUT2D eigenvalue weighted by Crippen LogP contribution is 2.22. The van der Waals surface area contributed by atoms with Crippen LogP contribution in [0, 0.1) is 0 Å². The van der Waals surface area contributed by atoms with E-state index in [4.69, 9.17) is 0 Å². The monoisotopic (exact) mass is 232 g/mol. The van der Waals surface area contributed by atoms with Crippen LogP contribution in [0.4, 0.5) is 0 Å². The lowest BCUT2D eigenvalue weighted by Crippen LogP contribution is -1.96. The third-order valence-corrected chi connectivity index (χ3v) is 3.83. The van der Waals surface area contributed by atoms with E-state index in [0.29, 0.717) is 5.75 Å². The molecule has 0 aromatic heterocycles. The van der Waals surface area contributed by atoms with Crippen LogP contribution in [-0.4, -0.2) is 5.11 Å². The van der Waals surface area contributed by atoms with Crippen molar-refractivity contribution in [3.8, 4) is 5.75 Å². The Morgan fingerprint density at radius 2 is 1.18 bits per heavy atom. The standard InChI is InChI=1S/C16H24O/c17-16-12-11-14-9-7-5-3-1-2-4-6-8-10-15(14)13-16/h11-13,17H,1-10H2. The van der Waals surface area contributed by atoms with Gasteiger partial charge in [-0.25, -0.2) is 0 Å². The van der Waals surface area contributed by atoms with Crippen LogP contribution in [0.3, 0.4) is 0 Å². The molecule has 1 N–H and O–H groups in total. The molecule has 0 heterocycles. The molecule has 0 amide bonds. The minimum Gasteiger partial charge on any atom is -0.508 e. The number of hydrogen-bond donors (Lipinski definition) is 1. The highest BCUT2D eigenvalue weighted by Gasteiger charge is 2.05. The van der Waals surface area contributed by atoms with Crippen LogP contribution in [0.2, 0.25) is 0 Å². The largest absolute Gasteiger partial charge is 0.508 e. The molecule has 0 saturated carbocycles. The number of phenolic OH excluding ortho intramolecular Hbond substituents is 1. The maximum Gasteiger partial charge on any atom is 0.115 e. The Bertz CT molecular complexity index is 343. The van der Waals surface area contributed by atoms with E-state index in [1.54, 1.807) is 0 Å². The number of benzene rings is 1. The van der Waals surface area contributed by atoms with Crippen LogP contribution in [0.25, 0.3) is 0 Å². The summed E-state index contributed by atoms with van der Waals surface area (Å²) >= 11 is 0. The summed E-state index contributed by atoms with van der Waals surface area (Å²) in [7, 11) is 0. The van der Waals surface area contributed by atoms with Gasteiger partial charge >= 0.3 is 0 Å². The highest BCUT2D eigenvalue weighted by atomic mass is 16.3. The van der Waals surface area contributed by atoms with E-state index in [-0.39, 0.29) is 0 Å². The van der Waals surface area contributed by atoms with E-state index in [0.717, 1.165) is 6.42 Å². The number of hydrogen-bond acceptors (Lipinski definition) is 1. The SMILES string of the molecule is Oc1ccc2c(c1)CCCCCCCCCC2. The summed E-state index contributed by atoms with van der Waals surface area (Å²) in [5.41, 5.74) is 2.84. The second-order valence-electron chi connectivity index (χ2n) is 5.28. The van der Waals surface area contributed by atoms with E-state index < -0.39 is 0 Å². The second-order valence-corrected chi connectivity index (χ2v) is 5.28. The van der Waals surface area contributed by atoms with Gasteiger partial charge in [0.05, 0.1) is 0 Å². The molecular weight excluding hydrogens is 208 g/mol. The van der Waals surface area contributed by atoms with E-state index in [9.17, 15) is 5.11 Å². The molecule has 0 fully saturated rings. The Morgan fingerprint density at radius 1 is 0.647 bits per heavy atom. The summed E-state index contributed by atoms with van der Waals surface area (Å²) in [6, 6.07) is 5.93. The number of phenols is 1. The lowest BCUT2D eigenvalue weighted by Gasteiger charge is -2.12. The van der Waals surface area contributed by atoms with Crippen LogP contribution in [0.1, 0.15) is 62.5 Å². The van der Waals surface area contributed by atoms with Gasteiger partial charge in [-0.15, -0.1) is 0 Å². The molecule has 1 aromatic carbocycles. The normalized spacial score (nSPS) is 18.8. The van der Waals surface area contributed by atoms with E-state index in [2.05, 4.69) is 6.07 Å². The zero-order valence-electron chi connectivity index (χ0n) is 10.8. The fraction of sp³-hybridized carbons (Fsp3) is 0.625. The van der Waals surface area contributed by atoms with Gasteiger partial charge in [0.2, 0.25) is 0 Å². The van der Waals surface area contributed by atoms with Crippen molar-refractivity contribution in [1.29, 1.82) is 0 Å². The molecule has 0 atom stereocenters. The number of fused-ring (bicyclic) bond motifs is 1. The maximum atomic E-state index is 9.58. The first-order chi connectivity index (χ1) is 8.36. The predicted octanol–water partition coefficient (Wildman–Crippen LogP) is 4.61. The van der Waals surface area contributed by atoms with Gasteiger partial charge in [0, 0.05) is 0 Å². The van der Waals surface area contributed by atoms with Crippen LogP contribution in [0.15, 0.2) is 18.2 Å². The first-order valence-electron chi connectivity index (χ1n) is 7.17. The molecule has 1 aliphatic carbocycles. The summed E-state index contributed by atoms with van der Waals surface area (Å²) in [6.45, 7) is 0. The van der Waals surface area contributed by atoms with Gasteiger partial charge in [0.25, 0.3) is 0 Å². The lowest BCUT2D eigenvalue weighted by atomic mass is 9.95. The van der Waals surface area contributed by atoms with Crippen LogP contribution in [0.5, 0.6) is 5.75 Å². The van der Waals surface area contributed by atoms with Crippen molar-refractivity contribution < 1.29 is 5.11 Å². The second kappa shape index (κ2) is 6.68. The molecule has 0 saturated heterocycles. The zero-order chi connectivity index (χ0) is 11.9. The first kappa shape index (κ1) is 12.5. The Morgan fingerprint density at radius 3 is 1.82 bits per heavy atom. The minimum atomic E-state index is 0.427. The van der Waals surface area contributed by atoms with Gasteiger partial charge in [-0.05, 0) is 48.9 Å². The molecule has 94 valence electrons. The van der Waals surface area contributed by atoms with E-state index >= 15 is 0 Å². The van der Waals surface area contributed by atoms with E-state index in [1.807, 2.05) is 12.1 Å². The van der Waals surface area contributed by atoms with Gasteiger partial charge < -0.3 is 5.11 Å². The Balaban J connectivity index is 2.05. The number of rotatable bonds is 0. The summed E-state index contributed by atoms with van der Waals surface area (Å²) in [5, 5.41) is 9.58. The van der Waals surface area contributed by atoms with E-state index in [1.165, 1.54) is 68.9 Å². The van der Waals surface area contributed by atoms with Gasteiger partial charge in [-0.2, -0.15) is 0 Å². The quantitative estimate of drug-likeness (QED) is 0.692. The molecule has 2 rings (SSSR count). The van der Waals surface area contributed by atoms with Crippen LogP contribution < -0.4 is 0 Å². The van der Waals surface area contributed by atoms with Crippen molar-refractivity contribution in [1.82, 2.24) is 0 Å². The maximum absolute atomic E-state index is 9.58. The molecule has 17 heavy (non-hydrogen) atoms. The molecule has 1 nitrogen and oxygen atoms in total. The average molecular weight is 232 g/mol. The third kappa shape index (κ3) is 4.07. The van der Waals surface area contributed by atoms with Crippen molar-refractivity contribution >= 4 is 0 Å². The van der Waals surface area contributed by atoms with Crippen molar-refractivity contribution in [3.05, 3.63) is 29.3 Å². The van der Waals surface area contributed by atoms with Gasteiger partial charge in [0.15, 0.2) is 0 Å². The molecule has 0 radical (unpaired) electrons. The Kier molecular flexibility index (Phi) is 4.90. The van der Waals surface area contributed by atoms with Crippen molar-refractivity contribution in [3.63, 3.8) is 0 Å².